The summed E-state index contributed by atoms with van der Waals surface area (Å²) in [5, 5.41) is 1.57. The minimum atomic E-state index is -1.07. The molecule has 0 bridgehead atoms. The van der Waals surface area contributed by atoms with Crippen molar-refractivity contribution in [2.24, 2.45) is 0 Å². The quantitative estimate of drug-likeness (QED) is 0.537. The predicted octanol–water partition coefficient (Wildman–Crippen LogP) is 3.70. The fraction of sp³-hybridized carbons (Fsp3) is 0.455. The Bertz CT molecular complexity index is 268. The van der Waals surface area contributed by atoms with Crippen LogP contribution in [0.4, 0.5) is 0 Å². The highest BCUT2D eigenvalue weighted by atomic mass is 28.3. The zero-order chi connectivity index (χ0) is 9.35. The molecule has 0 atom stereocenters. The van der Waals surface area contributed by atoms with Crippen LogP contribution in [0.25, 0.3) is 0 Å². The van der Waals surface area contributed by atoms with E-state index in [0.29, 0.717) is 0 Å². The third-order valence-corrected chi connectivity index (χ3v) is 4.24. The molecular formula is C11H18Si. The molecule has 1 heteroatoms. The van der Waals surface area contributed by atoms with Gasteiger partial charge in [-0.1, -0.05) is 48.6 Å². The van der Waals surface area contributed by atoms with Crippen LogP contribution in [0, 0.1) is 0 Å². The molecule has 0 spiro atoms. The molecule has 0 heterocycles. The SMILES string of the molecule is CC(C)=C1C=CC([Si](C)(C)C)=C1. The highest BCUT2D eigenvalue weighted by Gasteiger charge is 2.19. The molecule has 0 nitrogen and oxygen atoms in total. The molecule has 0 aromatic heterocycles. The first-order valence-electron chi connectivity index (χ1n) is 4.49. The maximum absolute atomic E-state index is 2.39. The van der Waals surface area contributed by atoms with Crippen LogP contribution in [0.3, 0.4) is 0 Å². The lowest BCUT2D eigenvalue weighted by Crippen LogP contribution is -2.21. The zero-order valence-corrected chi connectivity index (χ0v) is 9.73. The van der Waals surface area contributed by atoms with Crippen molar-refractivity contribution in [2.75, 3.05) is 0 Å². The molecule has 0 aromatic carbocycles. The van der Waals surface area contributed by atoms with Gasteiger partial charge in [0, 0.05) is 0 Å². The van der Waals surface area contributed by atoms with Gasteiger partial charge in [0.15, 0.2) is 0 Å². The van der Waals surface area contributed by atoms with Crippen molar-refractivity contribution in [3.8, 4) is 0 Å². The normalized spacial score (nSPS) is 16.8. The van der Waals surface area contributed by atoms with Crippen molar-refractivity contribution in [3.05, 3.63) is 34.6 Å². The monoisotopic (exact) mass is 178 g/mol. The van der Waals surface area contributed by atoms with Crippen molar-refractivity contribution in [2.45, 2.75) is 33.5 Å². The lowest BCUT2D eigenvalue weighted by atomic mass is 10.2. The van der Waals surface area contributed by atoms with Crippen molar-refractivity contribution in [1.29, 1.82) is 0 Å². The van der Waals surface area contributed by atoms with Gasteiger partial charge in [0.2, 0.25) is 0 Å². The standard InChI is InChI=1S/C11H18Si/c1-9(2)10-6-7-11(8-10)12(3,4)5/h6-8H,1-5H3. The molecule has 0 fully saturated rings. The van der Waals surface area contributed by atoms with Crippen LogP contribution in [-0.4, -0.2) is 8.07 Å². The van der Waals surface area contributed by atoms with Gasteiger partial charge in [-0.2, -0.15) is 0 Å². The van der Waals surface area contributed by atoms with E-state index < -0.39 is 8.07 Å². The number of hydrogen-bond acceptors (Lipinski definition) is 0. The summed E-state index contributed by atoms with van der Waals surface area (Å²) in [6.07, 6.45) is 6.87. The average Bonchev–Trinajstić information content (AvgIpc) is 2.30. The van der Waals surface area contributed by atoms with Crippen LogP contribution in [0.15, 0.2) is 34.6 Å². The molecule has 0 saturated heterocycles. The molecular weight excluding hydrogens is 160 g/mol. The highest BCUT2D eigenvalue weighted by Crippen LogP contribution is 2.25. The Morgan fingerprint density at radius 1 is 1.08 bits per heavy atom. The second-order valence-electron chi connectivity index (χ2n) is 4.64. The lowest BCUT2D eigenvalue weighted by molar-refractivity contribution is 1.35. The molecule has 0 unspecified atom stereocenters. The average molecular weight is 178 g/mol. The molecule has 0 N–H and O–H groups in total. The summed E-state index contributed by atoms with van der Waals surface area (Å²) in [7, 11) is -1.07. The smallest absolute Gasteiger partial charge is 0.0692 e. The van der Waals surface area contributed by atoms with Crippen LogP contribution in [0.5, 0.6) is 0 Å². The van der Waals surface area contributed by atoms with Crippen molar-refractivity contribution < 1.29 is 0 Å². The van der Waals surface area contributed by atoms with E-state index in [1.54, 1.807) is 5.20 Å². The van der Waals surface area contributed by atoms with Crippen molar-refractivity contribution in [1.82, 2.24) is 0 Å². The van der Waals surface area contributed by atoms with Gasteiger partial charge in [0.1, 0.15) is 0 Å². The first-order chi connectivity index (χ1) is 5.41. The maximum atomic E-state index is 2.39. The van der Waals surface area contributed by atoms with E-state index in [1.807, 2.05) is 0 Å². The molecule has 0 saturated carbocycles. The Balaban J connectivity index is 2.97. The maximum Gasteiger partial charge on any atom is 0.0776 e. The van der Waals surface area contributed by atoms with E-state index in [-0.39, 0.29) is 0 Å². The highest BCUT2D eigenvalue weighted by molar-refractivity contribution is 6.83. The van der Waals surface area contributed by atoms with Gasteiger partial charge in [-0.15, -0.1) is 0 Å². The number of rotatable bonds is 1. The molecule has 0 aliphatic heterocycles. The first kappa shape index (κ1) is 9.52. The molecule has 1 aliphatic carbocycles. The fourth-order valence-electron chi connectivity index (χ4n) is 1.22. The molecule has 0 aromatic rings. The topological polar surface area (TPSA) is 0 Å². The van der Waals surface area contributed by atoms with Crippen LogP contribution in [-0.2, 0) is 0 Å². The van der Waals surface area contributed by atoms with Gasteiger partial charge in [-0.25, -0.2) is 0 Å². The molecule has 12 heavy (non-hydrogen) atoms. The van der Waals surface area contributed by atoms with E-state index in [1.165, 1.54) is 11.1 Å². The minimum absolute atomic E-state index is 1.07. The molecule has 66 valence electrons. The lowest BCUT2D eigenvalue weighted by Gasteiger charge is -2.15. The second kappa shape index (κ2) is 3.06. The minimum Gasteiger partial charge on any atom is -0.0692 e. The largest absolute Gasteiger partial charge is 0.0776 e. The van der Waals surface area contributed by atoms with Gasteiger partial charge in [0.25, 0.3) is 0 Å². The molecule has 1 aliphatic rings. The van der Waals surface area contributed by atoms with E-state index in [0.717, 1.165) is 0 Å². The first-order valence-corrected chi connectivity index (χ1v) is 7.99. The summed E-state index contributed by atoms with van der Waals surface area (Å²) in [4.78, 5) is 0. The van der Waals surface area contributed by atoms with Crippen molar-refractivity contribution >= 4 is 8.07 Å². The molecule has 0 radical (unpaired) electrons. The van der Waals surface area contributed by atoms with Gasteiger partial charge in [0.05, 0.1) is 8.07 Å². The van der Waals surface area contributed by atoms with Gasteiger partial charge >= 0.3 is 0 Å². The Hall–Kier alpha value is -0.563. The third kappa shape index (κ3) is 1.98. The molecule has 1 rings (SSSR count). The van der Waals surface area contributed by atoms with Crippen LogP contribution in [0.1, 0.15) is 13.8 Å². The second-order valence-corrected chi connectivity index (χ2v) is 9.72. The van der Waals surface area contributed by atoms with E-state index in [9.17, 15) is 0 Å². The molecule has 0 amide bonds. The zero-order valence-electron chi connectivity index (χ0n) is 8.73. The number of allylic oxidation sites excluding steroid dienone is 6. The van der Waals surface area contributed by atoms with Gasteiger partial charge < -0.3 is 0 Å². The number of hydrogen-bond donors (Lipinski definition) is 0. The predicted molar refractivity (Wildman–Crippen MR) is 58.9 cm³/mol. The van der Waals surface area contributed by atoms with E-state index >= 15 is 0 Å². The summed E-state index contributed by atoms with van der Waals surface area (Å²) in [6, 6.07) is 0. The van der Waals surface area contributed by atoms with E-state index in [2.05, 4.69) is 51.7 Å². The summed E-state index contributed by atoms with van der Waals surface area (Å²) in [6.45, 7) is 11.5. The van der Waals surface area contributed by atoms with Crippen molar-refractivity contribution in [3.63, 3.8) is 0 Å². The van der Waals surface area contributed by atoms with Gasteiger partial charge in [-0.05, 0) is 19.4 Å². The van der Waals surface area contributed by atoms with Gasteiger partial charge in [-0.3, -0.25) is 0 Å². The summed E-state index contributed by atoms with van der Waals surface area (Å²) < 4.78 is 0. The Morgan fingerprint density at radius 3 is 1.92 bits per heavy atom. The fourth-order valence-corrected chi connectivity index (χ4v) is 2.39. The summed E-state index contributed by atoms with van der Waals surface area (Å²) in [5.41, 5.74) is 2.83. The Kier molecular flexibility index (Phi) is 2.43. The Labute approximate surface area is 76.7 Å². The summed E-state index contributed by atoms with van der Waals surface area (Å²) >= 11 is 0. The van der Waals surface area contributed by atoms with E-state index in [4.69, 9.17) is 0 Å². The van der Waals surface area contributed by atoms with Crippen LogP contribution < -0.4 is 0 Å². The Morgan fingerprint density at radius 2 is 1.67 bits per heavy atom. The third-order valence-electron chi connectivity index (χ3n) is 2.20. The van der Waals surface area contributed by atoms with Crippen LogP contribution in [0.2, 0.25) is 19.6 Å². The van der Waals surface area contributed by atoms with Crippen LogP contribution >= 0.6 is 0 Å². The summed E-state index contributed by atoms with van der Waals surface area (Å²) in [5.74, 6) is 0.